The van der Waals surface area contributed by atoms with Crippen LogP contribution in [0.1, 0.15) is 58.7 Å². The minimum absolute atomic E-state index is 0.137. The molecule has 1 fully saturated rings. The van der Waals surface area contributed by atoms with Gasteiger partial charge in [-0.05, 0) is 29.7 Å². The van der Waals surface area contributed by atoms with E-state index < -0.39 is 11.4 Å². The van der Waals surface area contributed by atoms with Crippen molar-refractivity contribution in [1.82, 2.24) is 20.2 Å². The molecule has 0 radical (unpaired) electrons. The van der Waals surface area contributed by atoms with E-state index in [1.165, 1.54) is 0 Å². The molecule has 19 heavy (non-hydrogen) atoms. The number of carboxylic acids is 1. The van der Waals surface area contributed by atoms with E-state index in [2.05, 4.69) is 36.3 Å². The van der Waals surface area contributed by atoms with Gasteiger partial charge in [0.15, 0.2) is 5.82 Å². The lowest BCUT2D eigenvalue weighted by Crippen LogP contribution is -2.35. The van der Waals surface area contributed by atoms with Crippen molar-refractivity contribution in [2.75, 3.05) is 0 Å². The van der Waals surface area contributed by atoms with Crippen LogP contribution in [0.25, 0.3) is 0 Å². The highest BCUT2D eigenvalue weighted by Crippen LogP contribution is 2.40. The smallest absolute Gasteiger partial charge is 0.311 e. The van der Waals surface area contributed by atoms with Crippen LogP contribution in [0.3, 0.4) is 0 Å². The molecule has 6 heteroatoms. The molecule has 106 valence electrons. The molecule has 0 aromatic carbocycles. The van der Waals surface area contributed by atoms with Crippen molar-refractivity contribution in [2.24, 2.45) is 5.41 Å². The summed E-state index contributed by atoms with van der Waals surface area (Å²) in [7, 11) is 0. The first-order chi connectivity index (χ1) is 8.91. The van der Waals surface area contributed by atoms with Gasteiger partial charge in [-0.15, -0.1) is 5.10 Å². The lowest BCUT2D eigenvalue weighted by Gasteiger charge is -2.27. The molecule has 0 unspecified atom stereocenters. The quantitative estimate of drug-likeness (QED) is 0.881. The summed E-state index contributed by atoms with van der Waals surface area (Å²) in [5, 5.41) is 21.4. The van der Waals surface area contributed by atoms with Crippen LogP contribution in [0.5, 0.6) is 0 Å². The monoisotopic (exact) mass is 266 g/mol. The second-order valence-corrected chi connectivity index (χ2v) is 6.19. The van der Waals surface area contributed by atoms with Crippen molar-refractivity contribution in [2.45, 2.75) is 64.8 Å². The van der Waals surface area contributed by atoms with E-state index in [0.717, 1.165) is 25.1 Å². The van der Waals surface area contributed by atoms with Crippen LogP contribution < -0.4 is 0 Å². The van der Waals surface area contributed by atoms with Crippen LogP contribution in [-0.2, 0) is 16.8 Å². The van der Waals surface area contributed by atoms with Crippen molar-refractivity contribution in [1.29, 1.82) is 0 Å². The number of nitrogens with zero attached hydrogens (tertiary/aromatic N) is 4. The number of hydrogen-bond donors (Lipinski definition) is 1. The zero-order valence-corrected chi connectivity index (χ0v) is 11.9. The molecule has 0 bridgehead atoms. The molecule has 1 N–H and O–H groups in total. The zero-order chi connectivity index (χ0) is 14.1. The van der Waals surface area contributed by atoms with Gasteiger partial charge in [0.2, 0.25) is 0 Å². The number of hydrogen-bond acceptors (Lipinski definition) is 4. The summed E-state index contributed by atoms with van der Waals surface area (Å²) in [5.41, 5.74) is -0.824. The van der Waals surface area contributed by atoms with Crippen LogP contribution in [0.2, 0.25) is 0 Å². The molecule has 1 aromatic rings. The van der Waals surface area contributed by atoms with Crippen LogP contribution in [0.15, 0.2) is 0 Å². The topological polar surface area (TPSA) is 80.9 Å². The van der Waals surface area contributed by atoms with E-state index in [-0.39, 0.29) is 5.41 Å². The van der Waals surface area contributed by atoms with Crippen LogP contribution in [0.4, 0.5) is 0 Å². The fourth-order valence-corrected chi connectivity index (χ4v) is 2.73. The van der Waals surface area contributed by atoms with Gasteiger partial charge in [0.05, 0.1) is 12.0 Å². The summed E-state index contributed by atoms with van der Waals surface area (Å²) in [5.74, 6) is 0.0586. The maximum Gasteiger partial charge on any atom is 0.311 e. The summed E-state index contributed by atoms with van der Waals surface area (Å²) in [4.78, 5) is 11.6. The first-order valence-corrected chi connectivity index (χ1v) is 6.91. The van der Waals surface area contributed by atoms with E-state index in [9.17, 15) is 9.90 Å². The summed E-state index contributed by atoms with van der Waals surface area (Å²) < 4.78 is 1.70. The van der Waals surface area contributed by atoms with E-state index in [4.69, 9.17) is 0 Å². The summed E-state index contributed by atoms with van der Waals surface area (Å²) in [6.07, 6.45) is 4.29. The Morgan fingerprint density at radius 1 is 1.42 bits per heavy atom. The second kappa shape index (κ2) is 4.90. The maximum atomic E-state index is 11.6. The third kappa shape index (κ3) is 2.48. The Morgan fingerprint density at radius 2 is 2.05 bits per heavy atom. The fraction of sp³-hybridized carbons (Fsp3) is 0.846. The zero-order valence-electron chi connectivity index (χ0n) is 11.9. The average molecular weight is 266 g/mol. The largest absolute Gasteiger partial charge is 0.481 e. The fourth-order valence-electron chi connectivity index (χ4n) is 2.73. The lowest BCUT2D eigenvalue weighted by atomic mass is 9.85. The number of aromatic nitrogens is 4. The second-order valence-electron chi connectivity index (χ2n) is 6.19. The van der Waals surface area contributed by atoms with Crippen LogP contribution in [-0.4, -0.2) is 31.3 Å². The van der Waals surface area contributed by atoms with Gasteiger partial charge in [-0.2, -0.15) is 0 Å². The minimum Gasteiger partial charge on any atom is -0.481 e. The van der Waals surface area contributed by atoms with Gasteiger partial charge in [-0.1, -0.05) is 33.6 Å². The Hall–Kier alpha value is -1.46. The molecule has 1 aliphatic carbocycles. The van der Waals surface area contributed by atoms with Gasteiger partial charge >= 0.3 is 5.97 Å². The number of aliphatic carboxylic acids is 1. The molecule has 2 rings (SSSR count). The Morgan fingerprint density at radius 3 is 2.58 bits per heavy atom. The molecule has 0 aliphatic heterocycles. The first-order valence-electron chi connectivity index (χ1n) is 6.91. The molecule has 1 aliphatic rings. The van der Waals surface area contributed by atoms with Gasteiger partial charge < -0.3 is 5.11 Å². The normalized spacial score (nSPS) is 18.7. The third-order valence-electron chi connectivity index (χ3n) is 4.49. The maximum absolute atomic E-state index is 11.6. The van der Waals surface area contributed by atoms with Crippen molar-refractivity contribution >= 4 is 5.97 Å². The lowest BCUT2D eigenvalue weighted by molar-refractivity contribution is -0.149. The highest BCUT2D eigenvalue weighted by molar-refractivity contribution is 5.74. The Labute approximate surface area is 113 Å². The van der Waals surface area contributed by atoms with Crippen molar-refractivity contribution in [3.8, 4) is 0 Å². The molecular weight excluding hydrogens is 244 g/mol. The molecular formula is C13H22N4O2. The van der Waals surface area contributed by atoms with Gasteiger partial charge in [0.25, 0.3) is 0 Å². The molecule has 1 aromatic heterocycles. The van der Waals surface area contributed by atoms with Crippen molar-refractivity contribution < 1.29 is 9.90 Å². The summed E-state index contributed by atoms with van der Waals surface area (Å²) in [6.45, 7) is 6.63. The van der Waals surface area contributed by atoms with E-state index >= 15 is 0 Å². The average Bonchev–Trinajstić information content (AvgIpc) is 2.99. The van der Waals surface area contributed by atoms with Gasteiger partial charge in [0, 0.05) is 5.41 Å². The predicted octanol–water partition coefficient (Wildman–Crippen LogP) is 2.01. The van der Waals surface area contributed by atoms with Crippen molar-refractivity contribution in [3.63, 3.8) is 0 Å². The molecule has 6 nitrogen and oxygen atoms in total. The van der Waals surface area contributed by atoms with E-state index in [0.29, 0.717) is 19.4 Å². The van der Waals surface area contributed by atoms with Gasteiger partial charge in [-0.25, -0.2) is 4.68 Å². The van der Waals surface area contributed by atoms with Crippen LogP contribution >= 0.6 is 0 Å². The number of carbonyl (C=O) groups is 1. The van der Waals surface area contributed by atoms with Gasteiger partial charge in [-0.3, -0.25) is 4.79 Å². The van der Waals surface area contributed by atoms with Gasteiger partial charge in [0.1, 0.15) is 0 Å². The first kappa shape index (κ1) is 14.0. The van der Waals surface area contributed by atoms with Crippen molar-refractivity contribution in [3.05, 3.63) is 5.82 Å². The standard InChI is InChI=1S/C13H22N4O2/c1-4-12(2,3)10-14-15-16-17(10)9-13(11(18)19)7-5-6-8-13/h4-9H2,1-3H3,(H,18,19). The molecule has 0 atom stereocenters. The Balaban J connectivity index is 2.29. The highest BCUT2D eigenvalue weighted by Gasteiger charge is 2.43. The molecule has 0 spiro atoms. The number of carboxylic acid groups (broad SMARTS) is 1. The Kier molecular flexibility index (Phi) is 3.60. The summed E-state index contributed by atoms with van der Waals surface area (Å²) >= 11 is 0. The van der Waals surface area contributed by atoms with E-state index in [1.807, 2.05) is 0 Å². The van der Waals surface area contributed by atoms with E-state index in [1.54, 1.807) is 4.68 Å². The number of tetrazole rings is 1. The SMILES string of the molecule is CCC(C)(C)c1nnnn1CC1(C(=O)O)CCCC1. The van der Waals surface area contributed by atoms with Crippen LogP contribution in [0, 0.1) is 5.41 Å². The predicted molar refractivity (Wildman–Crippen MR) is 69.7 cm³/mol. The highest BCUT2D eigenvalue weighted by atomic mass is 16.4. The molecule has 0 saturated heterocycles. The third-order valence-corrected chi connectivity index (χ3v) is 4.49. The molecule has 1 heterocycles. The number of rotatable bonds is 5. The summed E-state index contributed by atoms with van der Waals surface area (Å²) in [6, 6.07) is 0. The molecule has 0 amide bonds. The molecule has 1 saturated carbocycles. The minimum atomic E-state index is -0.722. The Bertz CT molecular complexity index is 461.